The summed E-state index contributed by atoms with van der Waals surface area (Å²) in [6.07, 6.45) is 1.97. The van der Waals surface area contributed by atoms with Crippen LogP contribution in [0.3, 0.4) is 0 Å². The lowest BCUT2D eigenvalue weighted by molar-refractivity contribution is 0.662. The first-order chi connectivity index (χ1) is 7.75. The number of rotatable bonds is 4. The van der Waals surface area contributed by atoms with Gasteiger partial charge in [-0.15, -0.1) is 11.3 Å². The molecule has 1 atom stereocenters. The highest BCUT2D eigenvalue weighted by atomic mass is 35.5. The van der Waals surface area contributed by atoms with Crippen molar-refractivity contribution in [1.82, 2.24) is 0 Å². The number of hydrogen-bond acceptors (Lipinski definition) is 2. The zero-order valence-corrected chi connectivity index (χ0v) is 10.5. The Kier molecular flexibility index (Phi) is 3.99. The number of nitrogens with two attached hydrogens (primary N) is 1. The van der Waals surface area contributed by atoms with Gasteiger partial charge in [0.25, 0.3) is 0 Å². The Hall–Kier alpha value is -0.830. The quantitative estimate of drug-likeness (QED) is 0.872. The van der Waals surface area contributed by atoms with Crippen molar-refractivity contribution in [2.24, 2.45) is 5.73 Å². The monoisotopic (exact) mass is 251 g/mol. The van der Waals surface area contributed by atoms with Gasteiger partial charge in [-0.25, -0.2) is 0 Å². The van der Waals surface area contributed by atoms with Crippen molar-refractivity contribution in [2.45, 2.75) is 18.9 Å². The van der Waals surface area contributed by atoms with E-state index >= 15 is 0 Å². The highest BCUT2D eigenvalue weighted by Crippen LogP contribution is 2.27. The van der Waals surface area contributed by atoms with Gasteiger partial charge in [-0.2, -0.15) is 0 Å². The SMILES string of the molecule is NC(CCc1ccccc1)c1ccc(Cl)s1. The topological polar surface area (TPSA) is 26.0 Å². The van der Waals surface area contributed by atoms with Crippen LogP contribution in [-0.4, -0.2) is 0 Å². The first-order valence-electron chi connectivity index (χ1n) is 5.30. The van der Waals surface area contributed by atoms with Crippen LogP contribution in [0, 0.1) is 0 Å². The Morgan fingerprint density at radius 2 is 1.88 bits per heavy atom. The molecule has 16 heavy (non-hydrogen) atoms. The van der Waals surface area contributed by atoms with Crippen molar-refractivity contribution >= 4 is 22.9 Å². The van der Waals surface area contributed by atoms with E-state index in [0.717, 1.165) is 17.2 Å². The van der Waals surface area contributed by atoms with E-state index in [1.54, 1.807) is 11.3 Å². The first kappa shape index (κ1) is 11.6. The van der Waals surface area contributed by atoms with Crippen LogP contribution in [0.25, 0.3) is 0 Å². The van der Waals surface area contributed by atoms with Gasteiger partial charge in [0.15, 0.2) is 0 Å². The predicted octanol–water partition coefficient (Wildman–Crippen LogP) is 4.03. The highest BCUT2D eigenvalue weighted by Gasteiger charge is 2.08. The van der Waals surface area contributed by atoms with Crippen LogP contribution < -0.4 is 5.73 Å². The molecule has 2 N–H and O–H groups in total. The molecule has 0 aliphatic heterocycles. The lowest BCUT2D eigenvalue weighted by Gasteiger charge is -2.08. The Morgan fingerprint density at radius 3 is 2.50 bits per heavy atom. The molecule has 1 unspecified atom stereocenters. The zero-order chi connectivity index (χ0) is 11.4. The van der Waals surface area contributed by atoms with Crippen LogP contribution in [-0.2, 0) is 6.42 Å². The molecule has 1 aromatic heterocycles. The number of benzene rings is 1. The average Bonchev–Trinajstić information content (AvgIpc) is 2.74. The number of halogens is 1. The number of hydrogen-bond donors (Lipinski definition) is 1. The molecular weight excluding hydrogens is 238 g/mol. The summed E-state index contributed by atoms with van der Waals surface area (Å²) in [5, 5.41) is 0. The van der Waals surface area contributed by atoms with Gasteiger partial charge in [0.05, 0.1) is 4.34 Å². The molecule has 84 valence electrons. The molecular formula is C13H14ClNS. The maximum Gasteiger partial charge on any atom is 0.0931 e. The molecule has 2 aromatic rings. The molecule has 0 saturated carbocycles. The molecule has 3 heteroatoms. The second kappa shape index (κ2) is 5.48. The Balaban J connectivity index is 1.91. The van der Waals surface area contributed by atoms with Gasteiger partial charge in [-0.3, -0.25) is 0 Å². The average molecular weight is 252 g/mol. The third-order valence-corrected chi connectivity index (χ3v) is 3.91. The largest absolute Gasteiger partial charge is 0.323 e. The third-order valence-electron chi connectivity index (χ3n) is 2.55. The Labute approximate surface area is 105 Å². The summed E-state index contributed by atoms with van der Waals surface area (Å²) in [4.78, 5) is 1.17. The summed E-state index contributed by atoms with van der Waals surface area (Å²) >= 11 is 7.46. The molecule has 0 aliphatic carbocycles. The first-order valence-corrected chi connectivity index (χ1v) is 6.50. The summed E-state index contributed by atoms with van der Waals surface area (Å²) in [5.74, 6) is 0. The molecule has 2 rings (SSSR count). The molecule has 0 saturated heterocycles. The number of aryl methyl sites for hydroxylation is 1. The van der Waals surface area contributed by atoms with Crippen LogP contribution in [0.5, 0.6) is 0 Å². The molecule has 0 fully saturated rings. The summed E-state index contributed by atoms with van der Waals surface area (Å²) in [6, 6.07) is 14.4. The zero-order valence-electron chi connectivity index (χ0n) is 8.90. The van der Waals surface area contributed by atoms with Gasteiger partial charge >= 0.3 is 0 Å². The lowest BCUT2D eigenvalue weighted by atomic mass is 10.1. The molecule has 1 aromatic carbocycles. The van der Waals surface area contributed by atoms with Crippen molar-refractivity contribution < 1.29 is 0 Å². The van der Waals surface area contributed by atoms with Gasteiger partial charge in [-0.05, 0) is 30.5 Å². The second-order valence-electron chi connectivity index (χ2n) is 3.77. The van der Waals surface area contributed by atoms with Crippen molar-refractivity contribution in [3.8, 4) is 0 Å². The summed E-state index contributed by atoms with van der Waals surface area (Å²) in [7, 11) is 0. The minimum atomic E-state index is 0.0951. The van der Waals surface area contributed by atoms with E-state index < -0.39 is 0 Å². The summed E-state index contributed by atoms with van der Waals surface area (Å²) in [5.41, 5.74) is 7.44. The van der Waals surface area contributed by atoms with Crippen molar-refractivity contribution in [3.05, 3.63) is 57.2 Å². The van der Waals surface area contributed by atoms with Crippen molar-refractivity contribution in [2.75, 3.05) is 0 Å². The maximum absolute atomic E-state index is 6.11. The fourth-order valence-corrected chi connectivity index (χ4v) is 2.73. The van der Waals surface area contributed by atoms with Crippen LogP contribution in [0.2, 0.25) is 4.34 Å². The molecule has 0 radical (unpaired) electrons. The smallest absolute Gasteiger partial charge is 0.0931 e. The molecule has 1 heterocycles. The molecule has 0 bridgehead atoms. The summed E-state index contributed by atoms with van der Waals surface area (Å²) in [6.45, 7) is 0. The van der Waals surface area contributed by atoms with E-state index in [9.17, 15) is 0 Å². The molecule has 0 spiro atoms. The standard InChI is InChI=1S/C13H14ClNS/c14-13-9-8-12(16-13)11(15)7-6-10-4-2-1-3-5-10/h1-5,8-9,11H,6-7,15H2. The van der Waals surface area contributed by atoms with Gasteiger partial charge in [-0.1, -0.05) is 41.9 Å². The van der Waals surface area contributed by atoms with Crippen molar-refractivity contribution in [3.63, 3.8) is 0 Å². The van der Waals surface area contributed by atoms with E-state index in [1.165, 1.54) is 10.4 Å². The molecule has 0 aliphatic rings. The Bertz CT molecular complexity index is 438. The lowest BCUT2D eigenvalue weighted by Crippen LogP contribution is -2.09. The molecule has 1 nitrogen and oxygen atoms in total. The van der Waals surface area contributed by atoms with Gasteiger partial charge in [0, 0.05) is 10.9 Å². The van der Waals surface area contributed by atoms with E-state index in [0.29, 0.717) is 0 Å². The van der Waals surface area contributed by atoms with Crippen LogP contribution in [0.15, 0.2) is 42.5 Å². The normalized spacial score (nSPS) is 12.6. The predicted molar refractivity (Wildman–Crippen MR) is 71.0 cm³/mol. The minimum absolute atomic E-state index is 0.0951. The van der Waals surface area contributed by atoms with Crippen molar-refractivity contribution in [1.29, 1.82) is 0 Å². The van der Waals surface area contributed by atoms with Crippen LogP contribution >= 0.6 is 22.9 Å². The molecule has 0 amide bonds. The minimum Gasteiger partial charge on any atom is -0.323 e. The highest BCUT2D eigenvalue weighted by molar-refractivity contribution is 7.16. The number of thiophene rings is 1. The van der Waals surface area contributed by atoms with E-state index in [1.807, 2.05) is 18.2 Å². The van der Waals surface area contributed by atoms with E-state index in [4.69, 9.17) is 17.3 Å². The second-order valence-corrected chi connectivity index (χ2v) is 5.52. The van der Waals surface area contributed by atoms with Gasteiger partial charge in [0.2, 0.25) is 0 Å². The Morgan fingerprint density at radius 1 is 1.12 bits per heavy atom. The fraction of sp³-hybridized carbons (Fsp3) is 0.231. The van der Waals surface area contributed by atoms with Gasteiger partial charge < -0.3 is 5.73 Å². The van der Waals surface area contributed by atoms with Crippen LogP contribution in [0.1, 0.15) is 22.9 Å². The van der Waals surface area contributed by atoms with Gasteiger partial charge in [0.1, 0.15) is 0 Å². The van der Waals surface area contributed by atoms with Crippen LogP contribution in [0.4, 0.5) is 0 Å². The summed E-state index contributed by atoms with van der Waals surface area (Å²) < 4.78 is 0.810. The fourth-order valence-electron chi connectivity index (χ4n) is 1.64. The maximum atomic E-state index is 6.11. The third kappa shape index (κ3) is 3.08. The van der Waals surface area contributed by atoms with E-state index in [-0.39, 0.29) is 6.04 Å². The van der Waals surface area contributed by atoms with E-state index in [2.05, 4.69) is 24.3 Å².